The van der Waals surface area contributed by atoms with Crippen molar-refractivity contribution in [2.75, 3.05) is 19.1 Å². The summed E-state index contributed by atoms with van der Waals surface area (Å²) in [5.41, 5.74) is 6.23. The molecule has 0 atom stereocenters. The molecule has 0 radical (unpaired) electrons. The number of nitrogens with zero attached hydrogens (tertiary/aromatic N) is 5. The van der Waals surface area contributed by atoms with E-state index >= 15 is 0 Å². The third-order valence-electron chi connectivity index (χ3n) is 5.08. The molecule has 32 heavy (non-hydrogen) atoms. The van der Waals surface area contributed by atoms with Gasteiger partial charge in [-0.1, -0.05) is 29.8 Å². The van der Waals surface area contributed by atoms with Gasteiger partial charge in [-0.05, 0) is 54.3 Å². The summed E-state index contributed by atoms with van der Waals surface area (Å²) < 4.78 is 14.3. The van der Waals surface area contributed by atoms with Crippen molar-refractivity contribution in [1.29, 1.82) is 0 Å². The third-order valence-corrected chi connectivity index (χ3v) is 5.57. The van der Waals surface area contributed by atoms with Crippen molar-refractivity contribution < 1.29 is 9.47 Å². The maximum atomic E-state index is 5.83. The Morgan fingerprint density at radius 1 is 1.16 bits per heavy atom. The molecule has 1 N–H and O–H groups in total. The number of methoxy groups -OCH3 is 1. The molecular formula is C23H25BrN6O2. The van der Waals surface area contributed by atoms with Crippen molar-refractivity contribution in [1.82, 2.24) is 19.7 Å². The van der Waals surface area contributed by atoms with E-state index in [-0.39, 0.29) is 0 Å². The summed E-state index contributed by atoms with van der Waals surface area (Å²) in [7, 11) is 3.58. The van der Waals surface area contributed by atoms with Gasteiger partial charge in [-0.2, -0.15) is 10.1 Å². The first-order valence-electron chi connectivity index (χ1n) is 10.3. The Kier molecular flexibility index (Phi) is 6.55. The molecule has 0 saturated heterocycles. The summed E-state index contributed by atoms with van der Waals surface area (Å²) in [5.74, 6) is 2.29. The highest BCUT2D eigenvalue weighted by Crippen LogP contribution is 2.29. The summed E-state index contributed by atoms with van der Waals surface area (Å²) in [5, 5.41) is 13.8. The van der Waals surface area contributed by atoms with Gasteiger partial charge in [-0.25, -0.2) is 5.43 Å². The molecule has 0 aliphatic rings. The van der Waals surface area contributed by atoms with E-state index in [2.05, 4.69) is 55.5 Å². The average Bonchev–Trinajstić information content (AvgIpc) is 3.05. The van der Waals surface area contributed by atoms with Gasteiger partial charge in [-0.3, -0.25) is 0 Å². The van der Waals surface area contributed by atoms with Crippen LogP contribution < -0.4 is 14.9 Å². The van der Waals surface area contributed by atoms with Crippen LogP contribution in [-0.2, 0) is 7.05 Å². The van der Waals surface area contributed by atoms with Gasteiger partial charge in [-0.15, -0.1) is 10.2 Å². The second kappa shape index (κ2) is 9.52. The third kappa shape index (κ3) is 4.67. The first-order chi connectivity index (χ1) is 15.5. The Labute approximate surface area is 194 Å². The van der Waals surface area contributed by atoms with Crippen molar-refractivity contribution in [3.05, 3.63) is 46.4 Å². The minimum atomic E-state index is 0.319. The van der Waals surface area contributed by atoms with Crippen LogP contribution in [0, 0.1) is 5.92 Å². The fourth-order valence-corrected chi connectivity index (χ4v) is 3.69. The number of hydrazone groups is 1. The van der Waals surface area contributed by atoms with Crippen LogP contribution in [0.25, 0.3) is 22.1 Å². The van der Waals surface area contributed by atoms with E-state index < -0.39 is 0 Å². The molecule has 2 aromatic carbocycles. The topological polar surface area (TPSA) is 86.5 Å². The highest BCUT2D eigenvalue weighted by molar-refractivity contribution is 9.10. The van der Waals surface area contributed by atoms with E-state index in [0.717, 1.165) is 44.3 Å². The van der Waals surface area contributed by atoms with E-state index in [1.165, 1.54) is 0 Å². The van der Waals surface area contributed by atoms with Gasteiger partial charge in [0.05, 0.1) is 25.4 Å². The predicted molar refractivity (Wildman–Crippen MR) is 131 cm³/mol. The van der Waals surface area contributed by atoms with Gasteiger partial charge < -0.3 is 14.0 Å². The maximum Gasteiger partial charge on any atom is 0.265 e. The molecule has 0 spiro atoms. The normalized spacial score (nSPS) is 11.7. The Balaban J connectivity index is 1.50. The second-order valence-corrected chi connectivity index (χ2v) is 8.76. The smallest absolute Gasteiger partial charge is 0.265 e. The van der Waals surface area contributed by atoms with Crippen molar-refractivity contribution in [2.24, 2.45) is 18.1 Å². The lowest BCUT2D eigenvalue weighted by Gasteiger charge is -2.12. The van der Waals surface area contributed by atoms with Gasteiger partial charge >= 0.3 is 0 Å². The van der Waals surface area contributed by atoms with Gasteiger partial charge in [0.1, 0.15) is 5.52 Å². The number of hydrogen-bond donors (Lipinski definition) is 1. The Hall–Kier alpha value is -3.20. The highest BCUT2D eigenvalue weighted by Gasteiger charge is 2.13. The van der Waals surface area contributed by atoms with E-state index in [0.29, 0.717) is 24.2 Å². The number of benzene rings is 2. The lowest BCUT2D eigenvalue weighted by Crippen LogP contribution is -2.03. The molecule has 0 fully saturated rings. The van der Waals surface area contributed by atoms with Crippen LogP contribution in [0.3, 0.4) is 0 Å². The van der Waals surface area contributed by atoms with Crippen LogP contribution in [0.1, 0.15) is 25.8 Å². The molecule has 4 aromatic rings. The lowest BCUT2D eigenvalue weighted by molar-refractivity contribution is 0.273. The highest BCUT2D eigenvalue weighted by atomic mass is 79.9. The van der Waals surface area contributed by atoms with Crippen molar-refractivity contribution in [3.63, 3.8) is 0 Å². The van der Waals surface area contributed by atoms with E-state index in [4.69, 9.17) is 9.47 Å². The SMILES string of the molecule is COc1cc(/C=N/Nc2nnc3c4cc(Br)ccc4n(C)c3n2)ccc1OCCC(C)C. The van der Waals surface area contributed by atoms with Crippen LogP contribution in [0.2, 0.25) is 0 Å². The number of nitrogens with one attached hydrogen (secondary N) is 1. The number of anilines is 1. The van der Waals surface area contributed by atoms with E-state index in [1.54, 1.807) is 13.3 Å². The van der Waals surface area contributed by atoms with Crippen LogP contribution in [0.5, 0.6) is 11.5 Å². The predicted octanol–water partition coefficient (Wildman–Crippen LogP) is 5.16. The van der Waals surface area contributed by atoms with Crippen LogP contribution >= 0.6 is 15.9 Å². The van der Waals surface area contributed by atoms with Gasteiger partial charge in [0.2, 0.25) is 0 Å². The van der Waals surface area contributed by atoms with Gasteiger partial charge in [0.15, 0.2) is 17.1 Å². The zero-order chi connectivity index (χ0) is 22.7. The van der Waals surface area contributed by atoms with Crippen molar-refractivity contribution >= 4 is 50.2 Å². The number of halogens is 1. The summed E-state index contributed by atoms with van der Waals surface area (Å²) >= 11 is 3.50. The Morgan fingerprint density at radius 2 is 2.00 bits per heavy atom. The number of rotatable bonds is 8. The summed E-state index contributed by atoms with van der Waals surface area (Å²) in [6, 6.07) is 11.7. The average molecular weight is 497 g/mol. The zero-order valence-electron chi connectivity index (χ0n) is 18.5. The summed E-state index contributed by atoms with van der Waals surface area (Å²) in [6.07, 6.45) is 2.66. The molecular weight excluding hydrogens is 472 g/mol. The molecule has 0 amide bonds. The standard InChI is InChI=1S/C23H25BrN6O2/c1-14(2)9-10-32-19-8-5-15(11-20(19)31-4)13-25-28-23-26-22-21(27-29-23)17-12-16(24)6-7-18(17)30(22)3/h5-8,11-14H,9-10H2,1-4H3,(H,26,28,29)/b25-13+. The molecule has 0 bridgehead atoms. The van der Waals surface area contributed by atoms with Crippen LogP contribution in [-0.4, -0.2) is 39.7 Å². The minimum Gasteiger partial charge on any atom is -0.493 e. The largest absolute Gasteiger partial charge is 0.493 e. The number of ether oxygens (including phenoxy) is 2. The van der Waals surface area contributed by atoms with E-state index in [1.807, 2.05) is 48.0 Å². The fraction of sp³-hybridized carbons (Fsp3) is 0.304. The number of aromatic nitrogens is 4. The first kappa shape index (κ1) is 22.0. The molecule has 0 saturated carbocycles. The number of aryl methyl sites for hydroxylation is 1. The maximum absolute atomic E-state index is 5.83. The molecule has 0 unspecified atom stereocenters. The van der Waals surface area contributed by atoms with Crippen LogP contribution in [0.4, 0.5) is 5.95 Å². The van der Waals surface area contributed by atoms with Crippen molar-refractivity contribution in [3.8, 4) is 11.5 Å². The fourth-order valence-electron chi connectivity index (χ4n) is 3.33. The molecule has 2 aromatic heterocycles. The molecule has 0 aliphatic carbocycles. The minimum absolute atomic E-state index is 0.319. The van der Waals surface area contributed by atoms with Crippen LogP contribution in [0.15, 0.2) is 46.0 Å². The molecule has 4 rings (SSSR count). The molecule has 9 heteroatoms. The second-order valence-electron chi connectivity index (χ2n) is 7.84. The number of fused-ring (bicyclic) bond motifs is 3. The Morgan fingerprint density at radius 3 is 2.78 bits per heavy atom. The zero-order valence-corrected chi connectivity index (χ0v) is 20.0. The molecule has 2 heterocycles. The number of hydrogen-bond acceptors (Lipinski definition) is 7. The Bertz CT molecular complexity index is 1280. The van der Waals surface area contributed by atoms with Crippen molar-refractivity contribution in [2.45, 2.75) is 20.3 Å². The summed E-state index contributed by atoms with van der Waals surface area (Å²) in [4.78, 5) is 4.57. The van der Waals surface area contributed by atoms with E-state index in [9.17, 15) is 0 Å². The molecule has 0 aliphatic heterocycles. The van der Waals surface area contributed by atoms with Gasteiger partial charge in [0.25, 0.3) is 5.95 Å². The molecule has 166 valence electrons. The monoisotopic (exact) mass is 496 g/mol. The quantitative estimate of drug-likeness (QED) is 0.267. The lowest BCUT2D eigenvalue weighted by atomic mass is 10.1. The summed E-state index contributed by atoms with van der Waals surface area (Å²) in [6.45, 7) is 4.99. The molecule has 8 nitrogen and oxygen atoms in total. The van der Waals surface area contributed by atoms with Gasteiger partial charge in [0, 0.05) is 16.9 Å². The first-order valence-corrected chi connectivity index (χ1v) is 11.1.